The van der Waals surface area contributed by atoms with Crippen molar-refractivity contribution in [1.82, 2.24) is 5.32 Å². The van der Waals surface area contributed by atoms with Crippen molar-refractivity contribution in [2.24, 2.45) is 5.73 Å². The van der Waals surface area contributed by atoms with Gasteiger partial charge in [-0.3, -0.25) is 9.59 Å². The third-order valence-corrected chi connectivity index (χ3v) is 3.30. The van der Waals surface area contributed by atoms with Crippen molar-refractivity contribution in [3.05, 3.63) is 0 Å². The molecule has 0 aliphatic carbocycles. The summed E-state index contributed by atoms with van der Waals surface area (Å²) in [5.41, 5.74) is 5.54. The molecule has 11 heteroatoms. The van der Waals surface area contributed by atoms with Crippen LogP contribution in [0.1, 0.15) is 13.8 Å². The maximum absolute atomic E-state index is 14.5. The van der Waals surface area contributed by atoms with Gasteiger partial charge in [-0.25, -0.2) is 4.39 Å². The number of carbonyl (C=O) groups is 2. The van der Waals surface area contributed by atoms with Crippen LogP contribution in [0.15, 0.2) is 0 Å². The number of nitrogens with one attached hydrogen (secondary N) is 1. The van der Waals surface area contributed by atoms with Crippen molar-refractivity contribution in [2.45, 2.75) is 56.5 Å². The Morgan fingerprint density at radius 2 is 2.00 bits per heavy atom. The fourth-order valence-corrected chi connectivity index (χ4v) is 2.25. The van der Waals surface area contributed by atoms with Gasteiger partial charge in [0, 0.05) is 13.8 Å². The van der Waals surface area contributed by atoms with E-state index in [9.17, 15) is 28.6 Å². The summed E-state index contributed by atoms with van der Waals surface area (Å²) in [6, 6.07) is -6.82. The van der Waals surface area contributed by atoms with Gasteiger partial charge in [-0.05, 0) is 0 Å². The highest BCUT2D eigenvalue weighted by atomic mass is 19.2. The Hall–Kier alpha value is -1.40. The lowest BCUT2D eigenvalue weighted by Gasteiger charge is -2.46. The molecule has 1 aliphatic rings. The second-order valence-electron chi connectivity index (χ2n) is 5.20. The molecular formula is C12H20F2N2O7. The number of halogens is 2. The van der Waals surface area contributed by atoms with E-state index in [2.05, 4.69) is 14.8 Å². The van der Waals surface area contributed by atoms with Gasteiger partial charge < -0.3 is 35.8 Å². The SMILES string of the molecule is CC(=O)NC1C(N)C(F)C(F)(OC(C)=O)OC1[C@H](O)[C@H](O)CO. The van der Waals surface area contributed by atoms with Crippen molar-refractivity contribution >= 4 is 11.9 Å². The molecule has 6 N–H and O–H groups in total. The third-order valence-electron chi connectivity index (χ3n) is 3.30. The summed E-state index contributed by atoms with van der Waals surface area (Å²) in [7, 11) is 0. The molecule has 23 heavy (non-hydrogen) atoms. The van der Waals surface area contributed by atoms with Crippen LogP contribution in [0.3, 0.4) is 0 Å². The molecule has 9 nitrogen and oxygen atoms in total. The average Bonchev–Trinajstić information content (AvgIpc) is 2.45. The van der Waals surface area contributed by atoms with E-state index in [4.69, 9.17) is 10.8 Å². The smallest absolute Gasteiger partial charge is 0.399 e. The number of amides is 1. The number of carbonyl (C=O) groups excluding carboxylic acids is 2. The summed E-state index contributed by atoms with van der Waals surface area (Å²) in [6.45, 7) is 0.945. The van der Waals surface area contributed by atoms with Crippen LogP contribution in [0.4, 0.5) is 8.78 Å². The maximum atomic E-state index is 14.5. The highest BCUT2D eigenvalue weighted by molar-refractivity contribution is 5.73. The first-order valence-electron chi connectivity index (χ1n) is 6.73. The van der Waals surface area contributed by atoms with Gasteiger partial charge in [-0.1, -0.05) is 0 Å². The quantitative estimate of drug-likeness (QED) is 0.343. The average molecular weight is 342 g/mol. The van der Waals surface area contributed by atoms with Crippen LogP contribution in [0.25, 0.3) is 0 Å². The molecule has 0 aromatic carbocycles. The fraction of sp³-hybridized carbons (Fsp3) is 0.833. The summed E-state index contributed by atoms with van der Waals surface area (Å²) in [6.07, 6.45) is -8.19. The second-order valence-corrected chi connectivity index (χ2v) is 5.20. The minimum atomic E-state index is -3.61. The van der Waals surface area contributed by atoms with E-state index in [0.717, 1.165) is 13.8 Å². The van der Waals surface area contributed by atoms with Crippen molar-refractivity contribution in [3.8, 4) is 0 Å². The van der Waals surface area contributed by atoms with Gasteiger partial charge in [0.2, 0.25) is 12.1 Å². The van der Waals surface area contributed by atoms with E-state index in [0.29, 0.717) is 0 Å². The van der Waals surface area contributed by atoms with Gasteiger partial charge in [0.05, 0.1) is 18.7 Å². The molecule has 7 atom stereocenters. The summed E-state index contributed by atoms with van der Waals surface area (Å²) < 4.78 is 37.4. The molecule has 1 rings (SSSR count). The monoisotopic (exact) mass is 342 g/mol. The number of hydrogen-bond donors (Lipinski definition) is 5. The molecule has 1 fully saturated rings. The van der Waals surface area contributed by atoms with Gasteiger partial charge >= 0.3 is 12.0 Å². The summed E-state index contributed by atoms with van der Waals surface area (Å²) in [5.74, 6) is -1.90. The van der Waals surface area contributed by atoms with E-state index in [1.54, 1.807) is 0 Å². The van der Waals surface area contributed by atoms with Crippen LogP contribution in [0.2, 0.25) is 0 Å². The van der Waals surface area contributed by atoms with Gasteiger partial charge in [0.15, 0.2) is 0 Å². The number of hydrogen-bond acceptors (Lipinski definition) is 8. The lowest BCUT2D eigenvalue weighted by Crippen LogP contribution is -2.72. The van der Waals surface area contributed by atoms with E-state index in [-0.39, 0.29) is 0 Å². The first-order valence-corrected chi connectivity index (χ1v) is 6.73. The summed E-state index contributed by atoms with van der Waals surface area (Å²) in [5, 5.41) is 30.4. The first-order chi connectivity index (χ1) is 10.5. The van der Waals surface area contributed by atoms with Crippen LogP contribution in [-0.4, -0.2) is 76.4 Å². The number of ether oxygens (including phenoxy) is 2. The molecule has 0 bridgehead atoms. The fourth-order valence-electron chi connectivity index (χ4n) is 2.25. The number of nitrogens with two attached hydrogens (primary N) is 1. The van der Waals surface area contributed by atoms with E-state index in [1.165, 1.54) is 0 Å². The van der Waals surface area contributed by atoms with Crippen LogP contribution < -0.4 is 11.1 Å². The van der Waals surface area contributed by atoms with E-state index < -0.39 is 61.1 Å². The predicted molar refractivity (Wildman–Crippen MR) is 70.1 cm³/mol. The van der Waals surface area contributed by atoms with Crippen molar-refractivity contribution in [1.29, 1.82) is 0 Å². The van der Waals surface area contributed by atoms with Gasteiger partial charge in [-0.2, -0.15) is 4.39 Å². The Balaban J connectivity index is 3.16. The predicted octanol–water partition coefficient (Wildman–Crippen LogP) is -2.54. The molecular weight excluding hydrogens is 322 g/mol. The molecule has 5 unspecified atom stereocenters. The van der Waals surface area contributed by atoms with Crippen molar-refractivity contribution < 1.29 is 43.2 Å². The molecule has 1 aliphatic heterocycles. The Morgan fingerprint density at radius 1 is 1.43 bits per heavy atom. The molecule has 0 saturated carbocycles. The maximum Gasteiger partial charge on any atom is 0.399 e. The minimum absolute atomic E-state index is 0.684. The Labute approximate surface area is 130 Å². The first kappa shape index (κ1) is 19.6. The van der Waals surface area contributed by atoms with Gasteiger partial charge in [-0.15, -0.1) is 0 Å². The van der Waals surface area contributed by atoms with Crippen molar-refractivity contribution in [2.75, 3.05) is 6.61 Å². The number of rotatable bonds is 5. The molecule has 1 heterocycles. The third kappa shape index (κ3) is 4.32. The highest BCUT2D eigenvalue weighted by Crippen LogP contribution is 2.35. The van der Waals surface area contributed by atoms with Gasteiger partial charge in [0.25, 0.3) is 0 Å². The van der Waals surface area contributed by atoms with E-state index >= 15 is 0 Å². The molecule has 0 radical (unpaired) electrons. The zero-order chi connectivity index (χ0) is 17.9. The van der Waals surface area contributed by atoms with Crippen LogP contribution in [0.5, 0.6) is 0 Å². The van der Waals surface area contributed by atoms with E-state index in [1.807, 2.05) is 0 Å². The lowest BCUT2D eigenvalue weighted by molar-refractivity contribution is -0.376. The van der Waals surface area contributed by atoms with Crippen molar-refractivity contribution in [3.63, 3.8) is 0 Å². The standard InChI is InChI=1S/C12H20F2N2O7/c1-4(18)16-8-7(15)11(13)12(14,22-5(2)19)23-10(8)9(21)6(20)3-17/h6-11,17,20-21H,3,15H2,1-2H3,(H,16,18)/t6-,7?,8?,9-,10?,11?,12?/m1/s1. The molecule has 0 spiro atoms. The Bertz CT molecular complexity index is 455. The Morgan fingerprint density at radius 3 is 2.43 bits per heavy atom. The molecule has 134 valence electrons. The molecule has 0 aromatic rings. The number of aliphatic hydroxyl groups excluding tert-OH is 3. The number of esters is 1. The van der Waals surface area contributed by atoms with Crippen LogP contribution in [0, 0.1) is 0 Å². The molecule has 1 amide bonds. The summed E-state index contributed by atoms with van der Waals surface area (Å²) in [4.78, 5) is 22.1. The normalized spacial score (nSPS) is 36.9. The summed E-state index contributed by atoms with van der Waals surface area (Å²) >= 11 is 0. The second kappa shape index (κ2) is 7.45. The minimum Gasteiger partial charge on any atom is -0.402 e. The highest BCUT2D eigenvalue weighted by Gasteiger charge is 2.60. The van der Waals surface area contributed by atoms with Crippen LogP contribution in [-0.2, 0) is 19.1 Å². The van der Waals surface area contributed by atoms with Crippen LogP contribution >= 0.6 is 0 Å². The lowest BCUT2D eigenvalue weighted by atomic mass is 9.89. The largest absolute Gasteiger partial charge is 0.402 e. The molecule has 1 saturated heterocycles. The number of aliphatic hydroxyl groups is 3. The molecule has 0 aromatic heterocycles. The van der Waals surface area contributed by atoms with Gasteiger partial charge in [0.1, 0.15) is 18.3 Å². The Kier molecular flexibility index (Phi) is 6.36. The zero-order valence-electron chi connectivity index (χ0n) is 12.5. The number of alkyl halides is 2. The zero-order valence-corrected chi connectivity index (χ0v) is 12.5. The topological polar surface area (TPSA) is 151 Å².